The van der Waals surface area contributed by atoms with Crippen molar-refractivity contribution in [3.8, 4) is 0 Å². The van der Waals surface area contributed by atoms with Gasteiger partial charge < -0.3 is 0 Å². The summed E-state index contributed by atoms with van der Waals surface area (Å²) in [5.74, 6) is 1.72. The number of carbonyl (C=O) groups is 1. The van der Waals surface area contributed by atoms with E-state index < -0.39 is 0 Å². The third kappa shape index (κ3) is 2.46. The van der Waals surface area contributed by atoms with Gasteiger partial charge in [-0.2, -0.15) is 0 Å². The highest BCUT2D eigenvalue weighted by Gasteiger charge is 2.29. The molecular formula is C13H18N2O. The Kier molecular flexibility index (Phi) is 2.78. The molecule has 3 nitrogen and oxygen atoms in total. The van der Waals surface area contributed by atoms with Crippen LogP contribution in [0.15, 0.2) is 12.3 Å². The van der Waals surface area contributed by atoms with Crippen molar-refractivity contribution in [1.29, 1.82) is 0 Å². The molecule has 1 heterocycles. The topological polar surface area (TPSA) is 42.9 Å². The second kappa shape index (κ2) is 3.96. The largest absolute Gasteiger partial charge is 0.300 e. The van der Waals surface area contributed by atoms with E-state index in [1.54, 1.807) is 6.92 Å². The van der Waals surface area contributed by atoms with Crippen LogP contribution in [0.3, 0.4) is 0 Å². The maximum absolute atomic E-state index is 11.2. The first kappa shape index (κ1) is 11.2. The Balaban J connectivity index is 2.24. The molecule has 86 valence electrons. The Morgan fingerprint density at radius 1 is 1.50 bits per heavy atom. The first-order valence-electron chi connectivity index (χ1n) is 5.82. The molecule has 0 saturated heterocycles. The van der Waals surface area contributed by atoms with Gasteiger partial charge in [0.15, 0.2) is 0 Å². The van der Waals surface area contributed by atoms with Gasteiger partial charge in [0.2, 0.25) is 0 Å². The van der Waals surface area contributed by atoms with Crippen molar-refractivity contribution in [3.05, 3.63) is 23.8 Å². The number of aromatic nitrogens is 2. The lowest BCUT2D eigenvalue weighted by Crippen LogP contribution is -2.22. The molecule has 1 fully saturated rings. The highest BCUT2D eigenvalue weighted by molar-refractivity contribution is 5.76. The van der Waals surface area contributed by atoms with Crippen LogP contribution in [0.5, 0.6) is 0 Å². The maximum Gasteiger partial charge on any atom is 0.131 e. The summed E-state index contributed by atoms with van der Waals surface area (Å²) in [7, 11) is 0. The fourth-order valence-corrected chi connectivity index (χ4v) is 2.00. The number of nitrogens with zero attached hydrogens (tertiary/aromatic N) is 2. The molecule has 1 saturated carbocycles. The fraction of sp³-hybridized carbons (Fsp3) is 0.615. The minimum absolute atomic E-state index is 0.182. The summed E-state index contributed by atoms with van der Waals surface area (Å²) >= 11 is 0. The summed E-state index contributed by atoms with van der Waals surface area (Å²) in [4.78, 5) is 20.1. The van der Waals surface area contributed by atoms with E-state index in [2.05, 4.69) is 23.8 Å². The molecule has 1 aliphatic rings. The van der Waals surface area contributed by atoms with Gasteiger partial charge in [-0.25, -0.2) is 9.97 Å². The summed E-state index contributed by atoms with van der Waals surface area (Å²) in [6.45, 7) is 5.76. The minimum Gasteiger partial charge on any atom is -0.300 e. The van der Waals surface area contributed by atoms with Crippen LogP contribution in [0, 0.1) is 0 Å². The van der Waals surface area contributed by atoms with Gasteiger partial charge in [0.1, 0.15) is 11.6 Å². The molecule has 3 heteroatoms. The second-order valence-electron chi connectivity index (χ2n) is 5.34. The summed E-state index contributed by atoms with van der Waals surface area (Å²) < 4.78 is 0. The van der Waals surface area contributed by atoms with Crippen LogP contribution in [-0.2, 0) is 10.2 Å². The summed E-state index contributed by atoms with van der Waals surface area (Å²) in [6.07, 6.45) is 4.76. The molecule has 1 aromatic rings. The van der Waals surface area contributed by atoms with Gasteiger partial charge in [-0.15, -0.1) is 0 Å². The zero-order valence-electron chi connectivity index (χ0n) is 10.2. The third-order valence-electron chi connectivity index (χ3n) is 3.00. The van der Waals surface area contributed by atoms with Crippen LogP contribution in [0.4, 0.5) is 0 Å². The third-order valence-corrected chi connectivity index (χ3v) is 3.00. The lowest BCUT2D eigenvalue weighted by molar-refractivity contribution is -0.118. The van der Waals surface area contributed by atoms with Crippen LogP contribution in [0.25, 0.3) is 0 Å². The smallest absolute Gasteiger partial charge is 0.131 e. The molecule has 0 N–H and O–H groups in total. The van der Waals surface area contributed by atoms with Crippen LogP contribution >= 0.6 is 0 Å². The van der Waals surface area contributed by atoms with Crippen molar-refractivity contribution in [1.82, 2.24) is 9.97 Å². The molecule has 0 aromatic carbocycles. The van der Waals surface area contributed by atoms with Crippen LogP contribution in [-0.4, -0.2) is 15.8 Å². The van der Waals surface area contributed by atoms with E-state index in [-0.39, 0.29) is 11.2 Å². The van der Waals surface area contributed by atoms with E-state index in [0.717, 1.165) is 11.5 Å². The first-order chi connectivity index (χ1) is 7.49. The molecule has 0 aliphatic heterocycles. The standard InChI is InChI=1S/C13H18N2O/c1-9(16)8-13(2,3)11-6-7-14-12(15-11)10-4-5-10/h6-7,10H,4-5,8H2,1-3H3. The Bertz CT molecular complexity index is 408. The molecular weight excluding hydrogens is 200 g/mol. The molecule has 0 spiro atoms. The van der Waals surface area contributed by atoms with Crippen molar-refractivity contribution >= 4 is 5.78 Å². The lowest BCUT2D eigenvalue weighted by Gasteiger charge is -2.22. The van der Waals surface area contributed by atoms with Gasteiger partial charge in [-0.05, 0) is 25.8 Å². The van der Waals surface area contributed by atoms with E-state index in [1.165, 1.54) is 12.8 Å². The Morgan fingerprint density at radius 3 is 2.75 bits per heavy atom. The van der Waals surface area contributed by atoms with Crippen LogP contribution in [0.2, 0.25) is 0 Å². The summed E-state index contributed by atoms with van der Waals surface area (Å²) in [5, 5.41) is 0. The van der Waals surface area contributed by atoms with Gasteiger partial charge in [0.05, 0.1) is 5.69 Å². The van der Waals surface area contributed by atoms with E-state index in [1.807, 2.05) is 12.3 Å². The number of hydrogen-bond donors (Lipinski definition) is 0. The van der Waals surface area contributed by atoms with Crippen molar-refractivity contribution in [3.63, 3.8) is 0 Å². The summed E-state index contributed by atoms with van der Waals surface area (Å²) in [6, 6.07) is 1.93. The number of hydrogen-bond acceptors (Lipinski definition) is 3. The SMILES string of the molecule is CC(=O)CC(C)(C)c1ccnc(C2CC2)n1. The number of ketones is 1. The number of carbonyl (C=O) groups excluding carboxylic acids is 1. The molecule has 1 aliphatic carbocycles. The molecule has 0 atom stereocenters. The van der Waals surface area contributed by atoms with Crippen molar-refractivity contribution in [2.24, 2.45) is 0 Å². The highest BCUT2D eigenvalue weighted by atomic mass is 16.1. The quantitative estimate of drug-likeness (QED) is 0.780. The Hall–Kier alpha value is -1.25. The van der Waals surface area contributed by atoms with Gasteiger partial charge in [-0.1, -0.05) is 13.8 Å². The summed E-state index contributed by atoms with van der Waals surface area (Å²) in [5.41, 5.74) is 0.804. The fourth-order valence-electron chi connectivity index (χ4n) is 2.00. The van der Waals surface area contributed by atoms with Gasteiger partial charge >= 0.3 is 0 Å². The van der Waals surface area contributed by atoms with Crippen LogP contribution < -0.4 is 0 Å². The maximum atomic E-state index is 11.2. The predicted octanol–water partition coefficient (Wildman–Crippen LogP) is 2.61. The first-order valence-corrected chi connectivity index (χ1v) is 5.82. The molecule has 0 unspecified atom stereocenters. The molecule has 2 rings (SSSR count). The molecule has 1 aromatic heterocycles. The Morgan fingerprint density at radius 2 is 2.19 bits per heavy atom. The zero-order chi connectivity index (χ0) is 11.8. The van der Waals surface area contributed by atoms with Gasteiger partial charge in [-0.3, -0.25) is 4.79 Å². The Labute approximate surface area is 96.3 Å². The van der Waals surface area contributed by atoms with Crippen molar-refractivity contribution < 1.29 is 4.79 Å². The van der Waals surface area contributed by atoms with E-state index in [9.17, 15) is 4.79 Å². The molecule has 0 radical (unpaired) electrons. The van der Waals surface area contributed by atoms with Gasteiger partial charge in [0, 0.05) is 24.0 Å². The average molecular weight is 218 g/mol. The normalized spacial score (nSPS) is 16.2. The lowest BCUT2D eigenvalue weighted by atomic mass is 9.84. The molecule has 16 heavy (non-hydrogen) atoms. The van der Waals surface area contributed by atoms with E-state index in [0.29, 0.717) is 12.3 Å². The molecule has 0 amide bonds. The zero-order valence-corrected chi connectivity index (χ0v) is 10.2. The average Bonchev–Trinajstić information content (AvgIpc) is 2.99. The van der Waals surface area contributed by atoms with Crippen molar-refractivity contribution in [2.75, 3.05) is 0 Å². The van der Waals surface area contributed by atoms with E-state index >= 15 is 0 Å². The number of rotatable bonds is 4. The minimum atomic E-state index is -0.182. The number of Topliss-reactive ketones (excluding diaryl/α,β-unsaturated/α-hetero) is 1. The van der Waals surface area contributed by atoms with Crippen molar-refractivity contribution in [2.45, 2.75) is 51.4 Å². The van der Waals surface area contributed by atoms with Crippen LogP contribution in [0.1, 0.15) is 57.5 Å². The second-order valence-corrected chi connectivity index (χ2v) is 5.34. The van der Waals surface area contributed by atoms with Gasteiger partial charge in [0.25, 0.3) is 0 Å². The van der Waals surface area contributed by atoms with E-state index in [4.69, 9.17) is 0 Å². The highest BCUT2D eigenvalue weighted by Crippen LogP contribution is 2.38. The predicted molar refractivity (Wildman–Crippen MR) is 62.3 cm³/mol. The molecule has 0 bridgehead atoms. The monoisotopic (exact) mass is 218 g/mol.